The van der Waals surface area contributed by atoms with Crippen LogP contribution in [0.25, 0.3) is 0 Å². The SMILES string of the molecule is CCOc1cc(C(=O)N2CCCC2)cc(I)c1OC. The van der Waals surface area contributed by atoms with E-state index in [1.54, 1.807) is 13.2 Å². The molecular weight excluding hydrogens is 357 g/mol. The van der Waals surface area contributed by atoms with E-state index in [1.807, 2.05) is 17.9 Å². The Bertz CT molecular complexity index is 470. The lowest BCUT2D eigenvalue weighted by atomic mass is 10.1. The maximum atomic E-state index is 12.4. The van der Waals surface area contributed by atoms with Crippen LogP contribution in [0.15, 0.2) is 12.1 Å². The molecule has 1 amide bonds. The van der Waals surface area contributed by atoms with Crippen LogP contribution < -0.4 is 9.47 Å². The van der Waals surface area contributed by atoms with Gasteiger partial charge in [-0.15, -0.1) is 0 Å². The quantitative estimate of drug-likeness (QED) is 0.760. The van der Waals surface area contributed by atoms with Gasteiger partial charge in [0.05, 0.1) is 17.3 Å². The van der Waals surface area contributed by atoms with E-state index in [-0.39, 0.29) is 5.91 Å². The first kappa shape index (κ1) is 14.4. The number of benzene rings is 1. The van der Waals surface area contributed by atoms with E-state index < -0.39 is 0 Å². The number of amides is 1. The Morgan fingerprint density at radius 1 is 1.37 bits per heavy atom. The van der Waals surface area contributed by atoms with Crippen LogP contribution in [0.2, 0.25) is 0 Å². The molecule has 1 aromatic carbocycles. The summed E-state index contributed by atoms with van der Waals surface area (Å²) in [5, 5.41) is 0. The van der Waals surface area contributed by atoms with E-state index >= 15 is 0 Å². The first-order chi connectivity index (χ1) is 9.17. The highest BCUT2D eigenvalue weighted by atomic mass is 127. The molecular formula is C14H18INO3. The summed E-state index contributed by atoms with van der Waals surface area (Å²) in [4.78, 5) is 14.3. The Kier molecular flexibility index (Phi) is 4.90. The predicted molar refractivity (Wildman–Crippen MR) is 82.0 cm³/mol. The van der Waals surface area contributed by atoms with Gasteiger partial charge in [-0.2, -0.15) is 0 Å². The van der Waals surface area contributed by atoms with Gasteiger partial charge in [-0.3, -0.25) is 4.79 Å². The lowest BCUT2D eigenvalue weighted by Crippen LogP contribution is -2.27. The van der Waals surface area contributed by atoms with Crippen molar-refractivity contribution in [3.8, 4) is 11.5 Å². The maximum Gasteiger partial charge on any atom is 0.254 e. The van der Waals surface area contributed by atoms with Crippen LogP contribution in [-0.4, -0.2) is 37.6 Å². The summed E-state index contributed by atoms with van der Waals surface area (Å²) in [6, 6.07) is 3.65. The van der Waals surface area contributed by atoms with Crippen LogP contribution >= 0.6 is 22.6 Å². The Hall–Kier alpha value is -0.980. The van der Waals surface area contributed by atoms with Crippen molar-refractivity contribution in [1.82, 2.24) is 4.90 Å². The van der Waals surface area contributed by atoms with Crippen LogP contribution in [0, 0.1) is 3.57 Å². The summed E-state index contributed by atoms with van der Waals surface area (Å²) in [6.45, 7) is 4.17. The van der Waals surface area contributed by atoms with E-state index in [0.29, 0.717) is 23.7 Å². The van der Waals surface area contributed by atoms with Crippen molar-refractivity contribution in [3.05, 3.63) is 21.3 Å². The third-order valence-corrected chi connectivity index (χ3v) is 3.96. The number of likely N-dealkylation sites (tertiary alicyclic amines) is 1. The number of carbonyl (C=O) groups is 1. The fourth-order valence-electron chi connectivity index (χ4n) is 2.26. The molecule has 5 heteroatoms. The normalized spacial score (nSPS) is 14.6. The van der Waals surface area contributed by atoms with Gasteiger partial charge >= 0.3 is 0 Å². The molecule has 1 saturated heterocycles. The third kappa shape index (κ3) is 3.13. The molecule has 1 fully saturated rings. The fraction of sp³-hybridized carbons (Fsp3) is 0.500. The number of rotatable bonds is 4. The van der Waals surface area contributed by atoms with Gasteiger partial charge in [0.1, 0.15) is 0 Å². The predicted octanol–water partition coefficient (Wildman–Crippen LogP) is 2.93. The van der Waals surface area contributed by atoms with Crippen LogP contribution in [0.5, 0.6) is 11.5 Å². The van der Waals surface area contributed by atoms with Gasteiger partial charge < -0.3 is 14.4 Å². The van der Waals surface area contributed by atoms with Crippen LogP contribution in [0.3, 0.4) is 0 Å². The molecule has 0 aromatic heterocycles. The second kappa shape index (κ2) is 6.45. The van der Waals surface area contributed by atoms with Gasteiger partial charge in [-0.25, -0.2) is 0 Å². The smallest absolute Gasteiger partial charge is 0.254 e. The number of hydrogen-bond donors (Lipinski definition) is 0. The van der Waals surface area contributed by atoms with Crippen molar-refractivity contribution in [2.75, 3.05) is 26.8 Å². The molecule has 0 radical (unpaired) electrons. The van der Waals surface area contributed by atoms with E-state index in [0.717, 1.165) is 29.5 Å². The molecule has 1 heterocycles. The minimum atomic E-state index is 0.0824. The number of nitrogens with zero attached hydrogens (tertiary/aromatic N) is 1. The zero-order valence-electron chi connectivity index (χ0n) is 11.2. The molecule has 0 spiro atoms. The standard InChI is InChI=1S/C14H18INO3/c1-3-19-12-9-10(8-11(15)13(12)18-2)14(17)16-6-4-5-7-16/h8-9H,3-7H2,1-2H3. The zero-order chi connectivity index (χ0) is 13.8. The monoisotopic (exact) mass is 375 g/mol. The van der Waals surface area contributed by atoms with E-state index in [9.17, 15) is 4.79 Å². The summed E-state index contributed by atoms with van der Waals surface area (Å²) in [5.41, 5.74) is 0.676. The molecule has 1 aliphatic rings. The number of carbonyl (C=O) groups excluding carboxylic acids is 1. The first-order valence-corrected chi connectivity index (χ1v) is 7.54. The van der Waals surface area contributed by atoms with Crippen molar-refractivity contribution in [2.24, 2.45) is 0 Å². The van der Waals surface area contributed by atoms with Gasteiger partial charge in [0.15, 0.2) is 11.5 Å². The largest absolute Gasteiger partial charge is 0.492 e. The second-order valence-corrected chi connectivity index (χ2v) is 5.58. The summed E-state index contributed by atoms with van der Waals surface area (Å²) in [5.74, 6) is 1.42. The summed E-state index contributed by atoms with van der Waals surface area (Å²) < 4.78 is 11.8. The van der Waals surface area contributed by atoms with Gasteiger partial charge in [0.2, 0.25) is 0 Å². The van der Waals surface area contributed by atoms with Gasteiger partial charge in [0.25, 0.3) is 5.91 Å². The molecule has 0 bridgehead atoms. The molecule has 1 aromatic rings. The van der Waals surface area contributed by atoms with E-state index in [4.69, 9.17) is 9.47 Å². The average Bonchev–Trinajstić information content (AvgIpc) is 2.91. The molecule has 4 nitrogen and oxygen atoms in total. The van der Waals surface area contributed by atoms with Crippen molar-refractivity contribution in [3.63, 3.8) is 0 Å². The molecule has 0 atom stereocenters. The lowest BCUT2D eigenvalue weighted by molar-refractivity contribution is 0.0792. The first-order valence-electron chi connectivity index (χ1n) is 6.47. The Labute approximate surface area is 127 Å². The molecule has 1 aliphatic heterocycles. The fourth-order valence-corrected chi connectivity index (χ4v) is 3.08. The van der Waals surface area contributed by atoms with Crippen LogP contribution in [0.4, 0.5) is 0 Å². The number of methoxy groups -OCH3 is 1. The van der Waals surface area contributed by atoms with E-state index in [2.05, 4.69) is 22.6 Å². The van der Waals surface area contributed by atoms with Crippen molar-refractivity contribution < 1.29 is 14.3 Å². The number of hydrogen-bond acceptors (Lipinski definition) is 3. The maximum absolute atomic E-state index is 12.4. The summed E-state index contributed by atoms with van der Waals surface area (Å²) in [7, 11) is 1.61. The Morgan fingerprint density at radius 2 is 2.05 bits per heavy atom. The molecule has 0 aliphatic carbocycles. The number of ether oxygens (including phenoxy) is 2. The van der Waals surface area contributed by atoms with Crippen molar-refractivity contribution >= 4 is 28.5 Å². The molecule has 104 valence electrons. The summed E-state index contributed by atoms with van der Waals surface area (Å²) >= 11 is 2.17. The van der Waals surface area contributed by atoms with Crippen molar-refractivity contribution in [1.29, 1.82) is 0 Å². The summed E-state index contributed by atoms with van der Waals surface area (Å²) in [6.07, 6.45) is 2.19. The minimum absolute atomic E-state index is 0.0824. The Balaban J connectivity index is 2.32. The van der Waals surface area contributed by atoms with Gasteiger partial charge in [-0.1, -0.05) is 0 Å². The van der Waals surface area contributed by atoms with Gasteiger partial charge in [-0.05, 0) is 54.5 Å². The van der Waals surface area contributed by atoms with Crippen LogP contribution in [-0.2, 0) is 0 Å². The minimum Gasteiger partial charge on any atom is -0.492 e. The molecule has 2 rings (SSSR count). The Morgan fingerprint density at radius 3 is 2.63 bits per heavy atom. The van der Waals surface area contributed by atoms with Gasteiger partial charge in [0, 0.05) is 18.7 Å². The average molecular weight is 375 g/mol. The number of halogens is 1. The molecule has 0 saturated carbocycles. The van der Waals surface area contributed by atoms with Crippen molar-refractivity contribution in [2.45, 2.75) is 19.8 Å². The molecule has 0 unspecified atom stereocenters. The highest BCUT2D eigenvalue weighted by molar-refractivity contribution is 14.1. The van der Waals surface area contributed by atoms with E-state index in [1.165, 1.54) is 0 Å². The van der Waals surface area contributed by atoms with Crippen LogP contribution in [0.1, 0.15) is 30.1 Å². The highest BCUT2D eigenvalue weighted by Crippen LogP contribution is 2.34. The second-order valence-electron chi connectivity index (χ2n) is 4.42. The topological polar surface area (TPSA) is 38.8 Å². The molecule has 0 N–H and O–H groups in total. The zero-order valence-corrected chi connectivity index (χ0v) is 13.4. The highest BCUT2D eigenvalue weighted by Gasteiger charge is 2.22. The molecule has 19 heavy (non-hydrogen) atoms. The third-order valence-electron chi connectivity index (χ3n) is 3.15. The lowest BCUT2D eigenvalue weighted by Gasteiger charge is -2.17.